The van der Waals surface area contributed by atoms with Gasteiger partial charge in [0.05, 0.1) is 0 Å². The molecule has 0 radical (unpaired) electrons. The molecule has 1 aromatic heterocycles. The van der Waals surface area contributed by atoms with Crippen molar-refractivity contribution < 1.29 is 0 Å². The van der Waals surface area contributed by atoms with E-state index in [1.165, 1.54) is 107 Å². The van der Waals surface area contributed by atoms with E-state index in [-0.39, 0.29) is 0 Å². The lowest BCUT2D eigenvalue weighted by Crippen LogP contribution is -2.11. The van der Waals surface area contributed by atoms with Gasteiger partial charge in [-0.25, -0.2) is 0 Å². The van der Waals surface area contributed by atoms with Crippen molar-refractivity contribution in [2.24, 2.45) is 5.92 Å². The summed E-state index contributed by atoms with van der Waals surface area (Å²) in [6.07, 6.45) is 12.4. The van der Waals surface area contributed by atoms with Gasteiger partial charge in [0.1, 0.15) is 0 Å². The third-order valence-corrected chi connectivity index (χ3v) is 16.2. The molecule has 2 fully saturated rings. The van der Waals surface area contributed by atoms with Crippen molar-refractivity contribution in [3.8, 4) is 33.4 Å². The zero-order valence-electron chi connectivity index (χ0n) is 31.2. The molecule has 2 heterocycles. The van der Waals surface area contributed by atoms with Crippen molar-refractivity contribution in [1.29, 1.82) is 0 Å². The fraction of sp³-hybridized carbons (Fsp3) is 0.170. The Bertz CT molecular complexity index is 2870. The van der Waals surface area contributed by atoms with Crippen LogP contribution in [0.1, 0.15) is 54.7 Å². The van der Waals surface area contributed by atoms with E-state index in [2.05, 4.69) is 180 Å². The van der Waals surface area contributed by atoms with Gasteiger partial charge < -0.3 is 4.90 Å². The molecule has 56 heavy (non-hydrogen) atoms. The van der Waals surface area contributed by atoms with Gasteiger partial charge in [0.15, 0.2) is 0 Å². The smallest absolute Gasteiger partial charge is 0.0468 e. The molecule has 1 spiro atoms. The van der Waals surface area contributed by atoms with Crippen LogP contribution < -0.4 is 4.90 Å². The number of benzene rings is 7. The molecule has 12 rings (SSSR count). The summed E-state index contributed by atoms with van der Waals surface area (Å²) in [5.41, 5.74) is 15.7. The molecular formula is C53H41NS2. The number of rotatable bonds is 6. The van der Waals surface area contributed by atoms with Crippen LogP contribution in [0.4, 0.5) is 17.1 Å². The number of fused-ring (bicyclic) bond motifs is 7. The lowest BCUT2D eigenvalue weighted by atomic mass is 9.91. The van der Waals surface area contributed by atoms with Gasteiger partial charge in [-0.1, -0.05) is 134 Å². The van der Waals surface area contributed by atoms with Gasteiger partial charge in [0.2, 0.25) is 0 Å². The molecule has 3 aliphatic carbocycles. The number of allylic oxidation sites excluding steroid dienone is 1. The lowest BCUT2D eigenvalue weighted by molar-refractivity contribution is 0.503. The lowest BCUT2D eigenvalue weighted by Gasteiger charge is -2.28. The molecule has 270 valence electrons. The van der Waals surface area contributed by atoms with Crippen LogP contribution >= 0.6 is 23.1 Å². The minimum absolute atomic E-state index is 0.436. The Balaban J connectivity index is 1.07. The van der Waals surface area contributed by atoms with Gasteiger partial charge in [0.25, 0.3) is 0 Å². The third kappa shape index (κ3) is 5.07. The predicted molar refractivity (Wildman–Crippen MR) is 241 cm³/mol. The molecule has 1 nitrogen and oxygen atoms in total. The minimum Gasteiger partial charge on any atom is -0.310 e. The van der Waals surface area contributed by atoms with Crippen molar-refractivity contribution in [2.45, 2.75) is 54.1 Å². The first-order chi connectivity index (χ1) is 27.7. The summed E-state index contributed by atoms with van der Waals surface area (Å²) in [6.45, 7) is 0. The van der Waals surface area contributed by atoms with E-state index in [1.54, 1.807) is 5.56 Å². The number of nitrogens with zero attached hydrogens (tertiary/aromatic N) is 1. The van der Waals surface area contributed by atoms with E-state index in [0.717, 1.165) is 30.4 Å². The monoisotopic (exact) mass is 755 g/mol. The minimum atomic E-state index is 0.436. The Hall–Kier alpha value is -5.35. The van der Waals surface area contributed by atoms with Crippen LogP contribution in [0.25, 0.3) is 59.6 Å². The molecular weight excluding hydrogens is 715 g/mol. The molecule has 4 aliphatic rings. The normalized spacial score (nSPS) is 20.4. The second-order valence-electron chi connectivity index (χ2n) is 16.2. The highest BCUT2D eigenvalue weighted by Crippen LogP contribution is 2.78. The first kappa shape index (κ1) is 32.9. The van der Waals surface area contributed by atoms with E-state index in [4.69, 9.17) is 0 Å². The Labute approximate surface area is 337 Å². The average Bonchev–Trinajstić information content (AvgIpc) is 3.56. The van der Waals surface area contributed by atoms with Gasteiger partial charge in [-0.2, -0.15) is 0 Å². The highest BCUT2D eigenvalue weighted by Gasteiger charge is 2.69. The molecule has 3 atom stereocenters. The van der Waals surface area contributed by atoms with E-state index < -0.39 is 0 Å². The Morgan fingerprint density at radius 1 is 0.589 bits per heavy atom. The first-order valence-corrected chi connectivity index (χ1v) is 22.0. The van der Waals surface area contributed by atoms with Gasteiger partial charge in [-0.15, -0.1) is 23.1 Å². The maximum atomic E-state index is 2.50. The summed E-state index contributed by atoms with van der Waals surface area (Å²) in [5, 5.41) is 2.68. The summed E-state index contributed by atoms with van der Waals surface area (Å²) >= 11 is 4.16. The van der Waals surface area contributed by atoms with E-state index in [0.29, 0.717) is 4.75 Å². The van der Waals surface area contributed by atoms with Crippen LogP contribution in [0.15, 0.2) is 163 Å². The van der Waals surface area contributed by atoms with Crippen LogP contribution in [0, 0.1) is 5.92 Å². The average molecular weight is 756 g/mol. The molecule has 8 aromatic rings. The second kappa shape index (κ2) is 12.8. The van der Waals surface area contributed by atoms with Crippen molar-refractivity contribution in [3.63, 3.8) is 0 Å². The van der Waals surface area contributed by atoms with Crippen LogP contribution in [0.5, 0.6) is 0 Å². The van der Waals surface area contributed by atoms with Crippen molar-refractivity contribution in [3.05, 3.63) is 174 Å². The van der Waals surface area contributed by atoms with E-state index in [1.807, 2.05) is 11.3 Å². The molecule has 7 aromatic carbocycles. The summed E-state index contributed by atoms with van der Waals surface area (Å²) in [7, 11) is 0. The number of hydrogen-bond acceptors (Lipinski definition) is 3. The maximum absolute atomic E-state index is 2.50. The van der Waals surface area contributed by atoms with Gasteiger partial charge in [0, 0.05) is 58.4 Å². The summed E-state index contributed by atoms with van der Waals surface area (Å²) in [5.74, 6) is 1.59. The third-order valence-electron chi connectivity index (χ3n) is 13.2. The van der Waals surface area contributed by atoms with Crippen LogP contribution in [-0.2, 0) is 6.42 Å². The predicted octanol–water partition coefficient (Wildman–Crippen LogP) is 15.6. The Kier molecular flexibility index (Phi) is 7.53. The molecule has 2 saturated carbocycles. The molecule has 3 heteroatoms. The largest absolute Gasteiger partial charge is 0.310 e. The molecule has 0 bridgehead atoms. The van der Waals surface area contributed by atoms with Crippen molar-refractivity contribution in [2.75, 3.05) is 4.90 Å². The highest BCUT2D eigenvalue weighted by atomic mass is 32.2. The zero-order chi connectivity index (χ0) is 36.8. The summed E-state index contributed by atoms with van der Waals surface area (Å²) in [4.78, 5) is 4.00. The Morgan fingerprint density at radius 3 is 2.29 bits per heavy atom. The zero-order valence-corrected chi connectivity index (χ0v) is 32.9. The summed E-state index contributed by atoms with van der Waals surface area (Å²) < 4.78 is 3.14. The van der Waals surface area contributed by atoms with Crippen molar-refractivity contribution >= 4 is 66.4 Å². The molecule has 3 unspecified atom stereocenters. The number of hydrogen-bond donors (Lipinski definition) is 0. The van der Waals surface area contributed by atoms with E-state index in [9.17, 15) is 0 Å². The fourth-order valence-electron chi connectivity index (χ4n) is 10.5. The molecule has 1 aliphatic heterocycles. The van der Waals surface area contributed by atoms with E-state index >= 15 is 0 Å². The standard InChI is InChI=1S/C53H41NS2/c1-2-12-34(13-3-1)36-23-26-38(27-24-36)54(39-28-25-35-14-4-5-15-37(35)32-39)40-29-30-41(43-17-11-20-46-50-48-21-8-9-31-53(48,50)56-52(43)46)47(33-40)45-19-10-18-44-42-16-6-7-22-49(42)55-51(44)45/h1-3,5-7,10-13,15-20,22-30,32-33,48,50H,4,8-9,14,21,31H2. The quantitative estimate of drug-likeness (QED) is 0.166. The highest BCUT2D eigenvalue weighted by molar-refractivity contribution is 8.01. The molecule has 0 saturated heterocycles. The SMILES string of the molecule is C1=Cc2cc(N(c3ccc(-c4ccccc4)cc3)c3ccc(-c4cccc5c4SC46CCCCC4C56)c(-c4cccc5c4sc4ccccc45)c3)ccc2CC1. The number of thiophene rings is 1. The number of thioether (sulfide) groups is 1. The fourth-order valence-corrected chi connectivity index (χ4v) is 13.7. The van der Waals surface area contributed by atoms with Crippen molar-refractivity contribution in [1.82, 2.24) is 0 Å². The van der Waals surface area contributed by atoms with Crippen LogP contribution in [-0.4, -0.2) is 4.75 Å². The van der Waals surface area contributed by atoms with Crippen LogP contribution in [0.3, 0.4) is 0 Å². The topological polar surface area (TPSA) is 3.24 Å². The molecule has 0 N–H and O–H groups in total. The first-order valence-electron chi connectivity index (χ1n) is 20.4. The molecule has 0 amide bonds. The van der Waals surface area contributed by atoms with Crippen LogP contribution in [0.2, 0.25) is 0 Å². The van der Waals surface area contributed by atoms with Gasteiger partial charge >= 0.3 is 0 Å². The maximum Gasteiger partial charge on any atom is 0.0468 e. The Morgan fingerprint density at radius 2 is 1.36 bits per heavy atom. The number of anilines is 3. The second-order valence-corrected chi connectivity index (χ2v) is 18.6. The van der Waals surface area contributed by atoms with Gasteiger partial charge in [-0.3, -0.25) is 0 Å². The summed E-state index contributed by atoms with van der Waals surface area (Å²) in [6, 6.07) is 57.3. The van der Waals surface area contributed by atoms with Gasteiger partial charge in [-0.05, 0) is 119 Å². The number of aryl methyl sites for hydroxylation is 1.